The molecule has 1 aliphatic carbocycles. The Balaban J connectivity index is 1.18. The molecule has 5 nitrogen and oxygen atoms in total. The van der Waals surface area contributed by atoms with Crippen molar-refractivity contribution < 1.29 is 9.53 Å². The fourth-order valence-corrected chi connectivity index (χ4v) is 3.88. The Kier molecular flexibility index (Phi) is 4.31. The molecular formula is C18H25N3O2. The van der Waals surface area contributed by atoms with E-state index in [1.54, 1.807) is 12.4 Å². The highest BCUT2D eigenvalue weighted by Crippen LogP contribution is 2.37. The Morgan fingerprint density at radius 1 is 1.39 bits per heavy atom. The number of hydrogen-bond donors (Lipinski definition) is 1. The third kappa shape index (κ3) is 3.90. The molecule has 3 heterocycles. The van der Waals surface area contributed by atoms with Crippen LogP contribution in [0.4, 0.5) is 0 Å². The van der Waals surface area contributed by atoms with Crippen LogP contribution in [0.2, 0.25) is 0 Å². The van der Waals surface area contributed by atoms with Crippen LogP contribution < -0.4 is 5.32 Å². The number of nitrogens with zero attached hydrogens (tertiary/aromatic N) is 2. The van der Waals surface area contributed by atoms with Crippen LogP contribution in [0.3, 0.4) is 0 Å². The normalized spacial score (nSPS) is 30.3. The molecule has 3 fully saturated rings. The molecule has 0 spiro atoms. The first-order valence-corrected chi connectivity index (χ1v) is 8.79. The van der Waals surface area contributed by atoms with Gasteiger partial charge in [0.1, 0.15) is 0 Å². The van der Waals surface area contributed by atoms with Gasteiger partial charge in [-0.1, -0.05) is 6.07 Å². The van der Waals surface area contributed by atoms with Crippen LogP contribution in [0.1, 0.15) is 31.2 Å². The first kappa shape index (κ1) is 15.1. The maximum absolute atomic E-state index is 12.1. The molecule has 3 atom stereocenters. The van der Waals surface area contributed by atoms with Crippen LogP contribution in [-0.2, 0) is 16.1 Å². The number of carbonyl (C=O) groups excluding carboxylic acids is 1. The summed E-state index contributed by atoms with van der Waals surface area (Å²) in [6.07, 6.45) is 8.31. The van der Waals surface area contributed by atoms with Crippen molar-refractivity contribution in [1.29, 1.82) is 0 Å². The average molecular weight is 315 g/mol. The number of aromatic nitrogens is 1. The highest BCUT2D eigenvalue weighted by molar-refractivity contribution is 5.76. The molecule has 2 saturated heterocycles. The van der Waals surface area contributed by atoms with Gasteiger partial charge in [0.15, 0.2) is 0 Å². The van der Waals surface area contributed by atoms with Crippen molar-refractivity contribution in [3.8, 4) is 0 Å². The Morgan fingerprint density at radius 3 is 3.04 bits per heavy atom. The van der Waals surface area contributed by atoms with Gasteiger partial charge in [-0.15, -0.1) is 0 Å². The van der Waals surface area contributed by atoms with Gasteiger partial charge in [-0.05, 0) is 36.8 Å². The van der Waals surface area contributed by atoms with E-state index < -0.39 is 0 Å². The molecule has 4 rings (SSSR count). The second-order valence-corrected chi connectivity index (χ2v) is 7.30. The lowest BCUT2D eigenvalue weighted by molar-refractivity contribution is -0.124. The summed E-state index contributed by atoms with van der Waals surface area (Å²) in [6.45, 7) is 4.03. The van der Waals surface area contributed by atoms with Gasteiger partial charge in [-0.25, -0.2) is 0 Å². The Hall–Kier alpha value is -1.46. The largest absolute Gasteiger partial charge is 0.373 e. The summed E-state index contributed by atoms with van der Waals surface area (Å²) in [7, 11) is 0. The summed E-state index contributed by atoms with van der Waals surface area (Å²) in [5.41, 5.74) is 1.03. The van der Waals surface area contributed by atoms with E-state index in [-0.39, 0.29) is 12.0 Å². The number of likely N-dealkylation sites (tertiary alicyclic amines) is 1. The predicted octanol–water partition coefficient (Wildman–Crippen LogP) is 1.59. The molecule has 0 unspecified atom stereocenters. The van der Waals surface area contributed by atoms with Crippen molar-refractivity contribution in [3.05, 3.63) is 30.1 Å². The third-order valence-electron chi connectivity index (χ3n) is 5.23. The summed E-state index contributed by atoms with van der Waals surface area (Å²) in [6, 6.07) is 3.86. The molecule has 5 heteroatoms. The monoisotopic (exact) mass is 315 g/mol. The highest BCUT2D eigenvalue weighted by Gasteiger charge is 2.43. The van der Waals surface area contributed by atoms with Crippen LogP contribution >= 0.6 is 0 Å². The molecular weight excluding hydrogens is 290 g/mol. The van der Waals surface area contributed by atoms with Crippen LogP contribution in [0.25, 0.3) is 0 Å². The van der Waals surface area contributed by atoms with Gasteiger partial charge in [0, 0.05) is 44.5 Å². The van der Waals surface area contributed by atoms with Crippen LogP contribution in [0, 0.1) is 11.8 Å². The molecule has 1 saturated carbocycles. The van der Waals surface area contributed by atoms with Crippen LogP contribution in [0.5, 0.6) is 0 Å². The number of nitrogens with one attached hydrogen (secondary N) is 1. The van der Waals surface area contributed by atoms with E-state index in [1.807, 2.05) is 12.1 Å². The molecule has 0 radical (unpaired) electrons. The second-order valence-electron chi connectivity index (χ2n) is 7.30. The minimum absolute atomic E-state index is 0.0775. The van der Waals surface area contributed by atoms with Crippen LogP contribution in [-0.4, -0.2) is 47.6 Å². The smallest absolute Gasteiger partial charge is 0.222 e. The summed E-state index contributed by atoms with van der Waals surface area (Å²) in [5, 5.41) is 2.97. The maximum Gasteiger partial charge on any atom is 0.222 e. The molecule has 124 valence electrons. The van der Waals surface area contributed by atoms with Gasteiger partial charge >= 0.3 is 0 Å². The van der Waals surface area contributed by atoms with Gasteiger partial charge in [0.2, 0.25) is 5.91 Å². The molecule has 1 N–H and O–H groups in total. The summed E-state index contributed by atoms with van der Waals surface area (Å²) in [5.74, 6) is 1.65. The SMILES string of the molecule is O=C(C[C@H]1C[C@H]2CN(CC3CC3)C[C@H]2O1)NCc1cccnc1. The topological polar surface area (TPSA) is 54.5 Å². The summed E-state index contributed by atoms with van der Waals surface area (Å²) >= 11 is 0. The standard InChI is InChI=1S/C18H25N3O2/c22-18(20-9-14-2-1-5-19-8-14)7-16-6-15-11-21(10-13-3-4-13)12-17(15)23-16/h1-2,5,8,13,15-17H,3-4,6-7,9-12H2,(H,20,22)/t15-,16+,17+/m0/s1. The molecule has 3 aliphatic rings. The van der Waals surface area contributed by atoms with Crippen molar-refractivity contribution in [1.82, 2.24) is 15.2 Å². The Morgan fingerprint density at radius 2 is 2.30 bits per heavy atom. The molecule has 1 aromatic rings. The van der Waals surface area contributed by atoms with E-state index >= 15 is 0 Å². The van der Waals surface area contributed by atoms with E-state index in [0.717, 1.165) is 31.0 Å². The van der Waals surface area contributed by atoms with E-state index in [2.05, 4.69) is 15.2 Å². The van der Waals surface area contributed by atoms with Crippen molar-refractivity contribution in [2.75, 3.05) is 19.6 Å². The van der Waals surface area contributed by atoms with Gasteiger partial charge in [-0.3, -0.25) is 9.78 Å². The number of pyridine rings is 1. The lowest BCUT2D eigenvalue weighted by Gasteiger charge is -2.18. The lowest BCUT2D eigenvalue weighted by Crippen LogP contribution is -2.30. The van der Waals surface area contributed by atoms with Gasteiger partial charge in [0.25, 0.3) is 0 Å². The number of ether oxygens (including phenoxy) is 1. The van der Waals surface area contributed by atoms with Crippen molar-refractivity contribution in [3.63, 3.8) is 0 Å². The van der Waals surface area contributed by atoms with E-state index in [1.165, 1.54) is 19.4 Å². The van der Waals surface area contributed by atoms with Crippen molar-refractivity contribution in [2.45, 2.75) is 44.4 Å². The van der Waals surface area contributed by atoms with E-state index in [0.29, 0.717) is 25.0 Å². The van der Waals surface area contributed by atoms with Gasteiger partial charge in [-0.2, -0.15) is 0 Å². The first-order valence-electron chi connectivity index (χ1n) is 8.79. The third-order valence-corrected chi connectivity index (χ3v) is 5.23. The van der Waals surface area contributed by atoms with Crippen LogP contribution in [0.15, 0.2) is 24.5 Å². The zero-order chi connectivity index (χ0) is 15.6. The number of fused-ring (bicyclic) bond motifs is 1. The summed E-state index contributed by atoms with van der Waals surface area (Å²) in [4.78, 5) is 18.7. The molecule has 23 heavy (non-hydrogen) atoms. The van der Waals surface area contributed by atoms with E-state index in [4.69, 9.17) is 4.74 Å². The zero-order valence-electron chi connectivity index (χ0n) is 13.5. The highest BCUT2D eigenvalue weighted by atomic mass is 16.5. The maximum atomic E-state index is 12.1. The number of amides is 1. The van der Waals surface area contributed by atoms with Gasteiger partial charge < -0.3 is 15.0 Å². The number of hydrogen-bond acceptors (Lipinski definition) is 4. The Bertz CT molecular complexity index is 532. The second kappa shape index (κ2) is 6.57. The number of carbonyl (C=O) groups is 1. The molecule has 1 amide bonds. The van der Waals surface area contributed by atoms with Crippen molar-refractivity contribution in [2.24, 2.45) is 11.8 Å². The zero-order valence-corrected chi connectivity index (χ0v) is 13.5. The first-order chi connectivity index (χ1) is 11.3. The minimum atomic E-state index is 0.0775. The summed E-state index contributed by atoms with van der Waals surface area (Å²) < 4.78 is 6.13. The fourth-order valence-electron chi connectivity index (χ4n) is 3.88. The van der Waals surface area contributed by atoms with E-state index in [9.17, 15) is 4.79 Å². The van der Waals surface area contributed by atoms with Gasteiger partial charge in [0.05, 0.1) is 18.6 Å². The number of rotatable bonds is 6. The lowest BCUT2D eigenvalue weighted by atomic mass is 10.0. The molecule has 0 bridgehead atoms. The van der Waals surface area contributed by atoms with Crippen molar-refractivity contribution >= 4 is 5.91 Å². The average Bonchev–Trinajstić information content (AvgIpc) is 3.17. The molecule has 2 aliphatic heterocycles. The quantitative estimate of drug-likeness (QED) is 0.866. The fraction of sp³-hybridized carbons (Fsp3) is 0.667. The Labute approximate surface area is 137 Å². The molecule has 1 aromatic heterocycles. The minimum Gasteiger partial charge on any atom is -0.373 e. The molecule has 0 aromatic carbocycles. The predicted molar refractivity (Wildman–Crippen MR) is 86.6 cm³/mol.